The number of aromatic nitrogens is 4. The lowest BCUT2D eigenvalue weighted by atomic mass is 10.0. The molecule has 0 unspecified atom stereocenters. The molecule has 1 aromatic carbocycles. The van der Waals surface area contributed by atoms with Gasteiger partial charge in [0.2, 0.25) is 11.8 Å². The van der Waals surface area contributed by atoms with Gasteiger partial charge in [0, 0.05) is 37.3 Å². The molecule has 3 aromatic heterocycles. The first-order valence-corrected chi connectivity index (χ1v) is 16.2. The van der Waals surface area contributed by atoms with E-state index in [1.54, 1.807) is 23.2 Å². The standard InChI is InChI=1S/C35H37ClFN7O3.CH4/c1-7-27(45)42-16-21(6)43(17-20(42)5)32-23-15-24(36)30(28-25(37)9-8-10-26(28)39-34(46)22-11-12-22)40-33(23)44(35(47)41-32)31-19(4)13-14-38-29(31)18(2)3;/h7-10,13-15,18,20-22H,1,11-12,16-17H2,2-6H3,(H,39,46);1H4/t20-,21+;/m1./s1. The highest BCUT2D eigenvalue weighted by atomic mass is 35.5. The average molecular weight is 674 g/mol. The molecule has 1 saturated heterocycles. The molecule has 10 nitrogen and oxygen atoms in total. The summed E-state index contributed by atoms with van der Waals surface area (Å²) in [6, 6.07) is 7.44. The summed E-state index contributed by atoms with van der Waals surface area (Å²) >= 11 is 6.95. The highest BCUT2D eigenvalue weighted by Crippen LogP contribution is 2.40. The monoisotopic (exact) mass is 673 g/mol. The van der Waals surface area contributed by atoms with Crippen molar-refractivity contribution < 1.29 is 14.0 Å². The Kier molecular flexibility index (Phi) is 9.73. The van der Waals surface area contributed by atoms with Crippen LogP contribution in [0.5, 0.6) is 0 Å². The number of amides is 2. The fourth-order valence-corrected chi connectivity index (χ4v) is 6.53. The molecule has 48 heavy (non-hydrogen) atoms. The zero-order valence-electron chi connectivity index (χ0n) is 27.1. The number of fused-ring (bicyclic) bond motifs is 1. The number of carbonyl (C=O) groups excluding carboxylic acids is 2. The van der Waals surface area contributed by atoms with Gasteiger partial charge in [-0.2, -0.15) is 4.98 Å². The van der Waals surface area contributed by atoms with Crippen molar-refractivity contribution in [3.63, 3.8) is 0 Å². The van der Waals surface area contributed by atoms with Crippen molar-refractivity contribution in [3.8, 4) is 16.9 Å². The van der Waals surface area contributed by atoms with E-state index in [1.165, 1.54) is 22.8 Å². The number of hydrogen-bond acceptors (Lipinski definition) is 7. The summed E-state index contributed by atoms with van der Waals surface area (Å²) in [5.41, 5.74) is 1.95. The van der Waals surface area contributed by atoms with E-state index in [-0.39, 0.29) is 70.8 Å². The van der Waals surface area contributed by atoms with Crippen LogP contribution in [0.15, 0.2) is 54.0 Å². The van der Waals surface area contributed by atoms with Crippen molar-refractivity contribution in [1.82, 2.24) is 24.4 Å². The molecule has 2 aliphatic rings. The fraction of sp³-hybridized carbons (Fsp3) is 0.389. The molecular formula is C36H41ClFN7O3. The second-order valence-electron chi connectivity index (χ2n) is 12.7. The van der Waals surface area contributed by atoms with Crippen molar-refractivity contribution in [1.29, 1.82) is 0 Å². The van der Waals surface area contributed by atoms with Crippen LogP contribution in [-0.4, -0.2) is 61.4 Å². The van der Waals surface area contributed by atoms with E-state index in [1.807, 2.05) is 45.6 Å². The summed E-state index contributed by atoms with van der Waals surface area (Å²) in [5.74, 6) is -0.793. The Morgan fingerprint density at radius 1 is 1.12 bits per heavy atom. The minimum absolute atomic E-state index is 0. The van der Waals surface area contributed by atoms with Gasteiger partial charge in [-0.1, -0.05) is 45.5 Å². The molecule has 4 aromatic rings. The van der Waals surface area contributed by atoms with Gasteiger partial charge in [0.25, 0.3) is 0 Å². The molecule has 2 amide bonds. The number of anilines is 2. The van der Waals surface area contributed by atoms with E-state index < -0.39 is 11.5 Å². The Morgan fingerprint density at radius 2 is 1.85 bits per heavy atom. The van der Waals surface area contributed by atoms with Crippen molar-refractivity contribution >= 4 is 46.0 Å². The number of aryl methyl sites for hydroxylation is 1. The van der Waals surface area contributed by atoms with Crippen LogP contribution in [0.25, 0.3) is 28.0 Å². The van der Waals surface area contributed by atoms with Crippen LogP contribution in [0.1, 0.15) is 65.1 Å². The van der Waals surface area contributed by atoms with Gasteiger partial charge < -0.3 is 15.1 Å². The van der Waals surface area contributed by atoms with Crippen LogP contribution in [0, 0.1) is 18.7 Å². The molecule has 12 heteroatoms. The lowest BCUT2D eigenvalue weighted by molar-refractivity contribution is -0.128. The van der Waals surface area contributed by atoms with E-state index in [0.717, 1.165) is 18.4 Å². The number of piperazine rings is 1. The first-order valence-electron chi connectivity index (χ1n) is 15.8. The summed E-state index contributed by atoms with van der Waals surface area (Å²) in [7, 11) is 0. The Morgan fingerprint density at radius 3 is 2.52 bits per heavy atom. The van der Waals surface area contributed by atoms with Gasteiger partial charge in [0.15, 0.2) is 5.65 Å². The first kappa shape index (κ1) is 34.7. The Bertz CT molecular complexity index is 1990. The third kappa shape index (κ3) is 6.19. The molecule has 1 saturated carbocycles. The van der Waals surface area contributed by atoms with E-state index in [9.17, 15) is 14.4 Å². The SMILES string of the molecule is C.C=CC(=O)N1C[C@H](C)N(c2nc(=O)n(-c3c(C)ccnc3C(C)C)c3nc(-c4c(F)cccc4NC(=O)C4CC4)c(Cl)cc23)C[C@H]1C. The van der Waals surface area contributed by atoms with Gasteiger partial charge >= 0.3 is 5.69 Å². The average Bonchev–Trinajstić information content (AvgIpc) is 3.88. The lowest BCUT2D eigenvalue weighted by Crippen LogP contribution is -2.58. The molecule has 252 valence electrons. The molecule has 1 N–H and O–H groups in total. The zero-order chi connectivity index (χ0) is 33.7. The number of hydrogen-bond donors (Lipinski definition) is 1. The maximum absolute atomic E-state index is 15.7. The second-order valence-corrected chi connectivity index (χ2v) is 13.1. The topological polar surface area (TPSA) is 113 Å². The minimum atomic E-state index is -0.624. The largest absolute Gasteiger partial charge is 0.355 e. The van der Waals surface area contributed by atoms with Crippen molar-refractivity contribution in [3.05, 3.63) is 81.8 Å². The summed E-state index contributed by atoms with van der Waals surface area (Å²) in [4.78, 5) is 57.4. The van der Waals surface area contributed by atoms with Crippen LogP contribution in [-0.2, 0) is 9.59 Å². The first-order chi connectivity index (χ1) is 22.4. The number of nitrogens with zero attached hydrogens (tertiary/aromatic N) is 6. The zero-order valence-corrected chi connectivity index (χ0v) is 27.8. The molecule has 2 fully saturated rings. The van der Waals surface area contributed by atoms with Crippen LogP contribution in [0.4, 0.5) is 15.9 Å². The highest BCUT2D eigenvalue weighted by Gasteiger charge is 2.35. The van der Waals surface area contributed by atoms with E-state index in [0.29, 0.717) is 35.7 Å². The summed E-state index contributed by atoms with van der Waals surface area (Å²) in [6.07, 6.45) is 4.55. The lowest BCUT2D eigenvalue weighted by Gasteiger charge is -2.44. The quantitative estimate of drug-likeness (QED) is 0.218. The van der Waals surface area contributed by atoms with E-state index >= 15 is 4.39 Å². The van der Waals surface area contributed by atoms with Gasteiger partial charge in [-0.05, 0) is 75.4 Å². The van der Waals surface area contributed by atoms with Gasteiger partial charge in [0.1, 0.15) is 11.6 Å². The maximum Gasteiger partial charge on any atom is 0.355 e. The molecule has 0 radical (unpaired) electrons. The number of halogens is 2. The summed E-state index contributed by atoms with van der Waals surface area (Å²) < 4.78 is 17.1. The Balaban J connectivity index is 0.00000451. The third-order valence-electron chi connectivity index (χ3n) is 8.90. The summed E-state index contributed by atoms with van der Waals surface area (Å²) in [6.45, 7) is 14.1. The normalized spacial score (nSPS) is 17.8. The minimum Gasteiger partial charge on any atom is -0.349 e. The number of nitrogens with one attached hydrogen (secondary N) is 1. The Hall–Kier alpha value is -4.64. The van der Waals surface area contributed by atoms with Crippen LogP contribution in [0.3, 0.4) is 0 Å². The van der Waals surface area contributed by atoms with Crippen molar-refractivity contribution in [2.75, 3.05) is 23.3 Å². The highest BCUT2D eigenvalue weighted by molar-refractivity contribution is 6.34. The van der Waals surface area contributed by atoms with E-state index in [2.05, 4.69) is 21.9 Å². The number of carbonyl (C=O) groups is 2. The number of rotatable bonds is 7. The number of pyridine rings is 2. The van der Waals surface area contributed by atoms with Crippen LogP contribution < -0.4 is 15.9 Å². The van der Waals surface area contributed by atoms with Gasteiger partial charge in [-0.25, -0.2) is 18.7 Å². The van der Waals surface area contributed by atoms with Crippen LogP contribution >= 0.6 is 11.6 Å². The van der Waals surface area contributed by atoms with Gasteiger partial charge in [0.05, 0.1) is 38.7 Å². The van der Waals surface area contributed by atoms with Crippen molar-refractivity contribution in [2.45, 2.75) is 72.9 Å². The molecule has 2 atom stereocenters. The molecule has 0 spiro atoms. The van der Waals surface area contributed by atoms with Crippen LogP contribution in [0.2, 0.25) is 5.02 Å². The van der Waals surface area contributed by atoms with Crippen molar-refractivity contribution in [2.24, 2.45) is 5.92 Å². The predicted octanol–water partition coefficient (Wildman–Crippen LogP) is 6.66. The molecule has 6 rings (SSSR count). The summed E-state index contributed by atoms with van der Waals surface area (Å²) in [5, 5.41) is 3.44. The third-order valence-corrected chi connectivity index (χ3v) is 9.19. The molecular weight excluding hydrogens is 633 g/mol. The maximum atomic E-state index is 15.7. The van der Waals surface area contributed by atoms with E-state index in [4.69, 9.17) is 16.6 Å². The fourth-order valence-electron chi connectivity index (χ4n) is 6.28. The number of benzene rings is 1. The van der Waals surface area contributed by atoms with Gasteiger partial charge in [-0.15, -0.1) is 0 Å². The van der Waals surface area contributed by atoms with Gasteiger partial charge in [-0.3, -0.25) is 14.6 Å². The molecule has 1 aliphatic heterocycles. The molecule has 1 aliphatic carbocycles. The molecule has 4 heterocycles. The predicted molar refractivity (Wildman–Crippen MR) is 188 cm³/mol. The molecule has 0 bridgehead atoms. The smallest absolute Gasteiger partial charge is 0.349 e. The Labute approximate surface area is 284 Å². The second kappa shape index (κ2) is 13.5.